The van der Waals surface area contributed by atoms with Gasteiger partial charge in [0.15, 0.2) is 0 Å². The lowest BCUT2D eigenvalue weighted by Crippen LogP contribution is -2.60. The van der Waals surface area contributed by atoms with Crippen molar-refractivity contribution in [3.05, 3.63) is 160 Å². The van der Waals surface area contributed by atoms with Crippen LogP contribution >= 0.6 is 0 Å². The summed E-state index contributed by atoms with van der Waals surface area (Å²) in [6.07, 6.45) is -21.1. The van der Waals surface area contributed by atoms with Gasteiger partial charge >= 0.3 is 0 Å². The zero-order valence-corrected chi connectivity index (χ0v) is 44.1. The summed E-state index contributed by atoms with van der Waals surface area (Å²) in [5.74, 6) is -1.76. The van der Waals surface area contributed by atoms with E-state index in [2.05, 4.69) is 0 Å². The third-order valence-electron chi connectivity index (χ3n) is 15.7. The highest BCUT2D eigenvalue weighted by Crippen LogP contribution is 2.59. The lowest BCUT2D eigenvalue weighted by molar-refractivity contribution is -0.277. The molecule has 0 saturated carbocycles. The molecule has 84 heavy (non-hydrogen) atoms. The molecule has 6 aromatic rings. The van der Waals surface area contributed by atoms with Crippen molar-refractivity contribution in [2.24, 2.45) is 0 Å². The van der Waals surface area contributed by atoms with Crippen LogP contribution in [0.25, 0.3) is 12.2 Å². The van der Waals surface area contributed by atoms with Gasteiger partial charge in [-0.3, -0.25) is 0 Å². The number of fused-ring (bicyclic) bond motifs is 2. The van der Waals surface area contributed by atoms with Gasteiger partial charge in [-0.15, -0.1) is 0 Å². The van der Waals surface area contributed by atoms with Crippen LogP contribution in [0.3, 0.4) is 0 Å². The molecule has 446 valence electrons. The fourth-order valence-corrected chi connectivity index (χ4v) is 11.3. The van der Waals surface area contributed by atoms with Gasteiger partial charge in [-0.25, -0.2) is 0 Å². The SMILES string of the molecule is OC[C@H]1O[C@@H](Oc2ccc(C=Cc3cc(O)c4c(c3)O[C@H](c3ccc(O[C@H]5O[C@H](CO)[C@@H](O)[C@H](O)[C@H]5O)cc3)[C@H]4c3cc(O)c4c(c3)O[C@H](c3ccc(O[C@@H]5O[C@H](CO)[C@@H](O)[C@H](O)[C@H]5O)cc3)[C@H]4c3cc(O)cc(O)c3)cc2)[C@H](O)[C@@H](O)[C@@H]1O. The molecule has 0 unspecified atom stereocenters. The lowest BCUT2D eigenvalue weighted by Gasteiger charge is -2.39. The summed E-state index contributed by atoms with van der Waals surface area (Å²) in [4.78, 5) is 0. The molecule has 3 saturated heterocycles. The summed E-state index contributed by atoms with van der Waals surface area (Å²) >= 11 is 0. The maximum atomic E-state index is 12.3. The van der Waals surface area contributed by atoms with Crippen LogP contribution in [0.2, 0.25) is 0 Å². The summed E-state index contributed by atoms with van der Waals surface area (Å²) in [5, 5.41) is 168. The van der Waals surface area contributed by atoms with E-state index in [1.807, 2.05) is 0 Å². The fourth-order valence-electron chi connectivity index (χ4n) is 11.3. The minimum Gasteiger partial charge on any atom is -0.508 e. The first kappa shape index (κ1) is 58.4. The molecule has 0 radical (unpaired) electrons. The van der Waals surface area contributed by atoms with Crippen LogP contribution in [0.4, 0.5) is 0 Å². The number of ether oxygens (including phenoxy) is 8. The average Bonchev–Trinajstić information content (AvgIpc) is 2.81. The Hall–Kier alpha value is -7.34. The second-order valence-electron chi connectivity index (χ2n) is 21.2. The quantitative estimate of drug-likeness (QED) is 0.0631. The molecule has 0 aromatic heterocycles. The topological polar surface area (TPSA) is 398 Å². The normalized spacial score (nSPS) is 32.7. The largest absolute Gasteiger partial charge is 0.508 e. The third kappa shape index (κ3) is 11.3. The summed E-state index contributed by atoms with van der Waals surface area (Å²) in [7, 11) is 0. The molecule has 24 nitrogen and oxygen atoms in total. The van der Waals surface area contributed by atoms with E-state index in [-0.39, 0.29) is 57.3 Å². The van der Waals surface area contributed by atoms with E-state index < -0.39 is 136 Å². The minimum atomic E-state index is -1.69. The molecule has 0 spiro atoms. The van der Waals surface area contributed by atoms with Crippen molar-refractivity contribution < 1.29 is 120 Å². The Kier molecular flexibility index (Phi) is 16.7. The second-order valence-corrected chi connectivity index (χ2v) is 21.2. The number of hydrogen-bond acceptors (Lipinski definition) is 24. The van der Waals surface area contributed by atoms with Crippen LogP contribution in [0.1, 0.15) is 68.6 Å². The molecular weight excluding hydrogens is 1100 g/mol. The number of aliphatic hydroxyl groups excluding tert-OH is 12. The zero-order valence-electron chi connectivity index (χ0n) is 44.1. The maximum absolute atomic E-state index is 12.3. The van der Waals surface area contributed by atoms with Gasteiger partial charge < -0.3 is 120 Å². The summed E-state index contributed by atoms with van der Waals surface area (Å²) in [6, 6.07) is 29.6. The number of phenols is 4. The van der Waals surface area contributed by atoms with Crippen LogP contribution in [0.5, 0.6) is 51.7 Å². The molecule has 5 aliphatic rings. The third-order valence-corrected chi connectivity index (χ3v) is 15.7. The van der Waals surface area contributed by atoms with Gasteiger partial charge in [0.05, 0.1) is 31.7 Å². The van der Waals surface area contributed by atoms with Gasteiger partial charge in [-0.05, 0) is 106 Å². The molecule has 0 bridgehead atoms. The van der Waals surface area contributed by atoms with Crippen molar-refractivity contribution in [1.29, 1.82) is 0 Å². The second kappa shape index (κ2) is 24.0. The van der Waals surface area contributed by atoms with Gasteiger partial charge in [0, 0.05) is 17.2 Å². The molecular formula is C60H62O24. The summed E-state index contributed by atoms with van der Waals surface area (Å²) in [5.41, 5.74) is 3.57. The van der Waals surface area contributed by atoms with Crippen LogP contribution in [-0.2, 0) is 14.2 Å². The van der Waals surface area contributed by atoms with E-state index >= 15 is 0 Å². The molecule has 16 N–H and O–H groups in total. The predicted octanol–water partition coefficient (Wildman–Crippen LogP) is 0.747. The zero-order chi connectivity index (χ0) is 59.4. The van der Waals surface area contributed by atoms with Crippen molar-refractivity contribution in [1.82, 2.24) is 0 Å². The van der Waals surface area contributed by atoms with Gasteiger partial charge in [0.25, 0.3) is 0 Å². The van der Waals surface area contributed by atoms with E-state index in [0.717, 1.165) is 6.07 Å². The molecule has 19 atom stereocenters. The molecule has 0 amide bonds. The lowest BCUT2D eigenvalue weighted by atomic mass is 9.81. The highest BCUT2D eigenvalue weighted by Gasteiger charge is 2.49. The number of benzene rings is 6. The number of hydrogen-bond donors (Lipinski definition) is 16. The fraction of sp³-hybridized carbons (Fsp3) is 0.367. The molecule has 5 aliphatic heterocycles. The Bertz CT molecular complexity index is 3280. The monoisotopic (exact) mass is 1170 g/mol. The Morgan fingerprint density at radius 1 is 0.357 bits per heavy atom. The number of aliphatic hydroxyl groups is 12. The van der Waals surface area contributed by atoms with E-state index in [1.54, 1.807) is 72.8 Å². The van der Waals surface area contributed by atoms with Crippen molar-refractivity contribution in [2.45, 2.75) is 116 Å². The highest BCUT2D eigenvalue weighted by atomic mass is 16.7. The van der Waals surface area contributed by atoms with E-state index in [0.29, 0.717) is 38.9 Å². The van der Waals surface area contributed by atoms with E-state index in [1.165, 1.54) is 48.5 Å². The van der Waals surface area contributed by atoms with E-state index in [4.69, 9.17) is 37.9 Å². The molecule has 3 fully saturated rings. The maximum Gasteiger partial charge on any atom is 0.229 e. The highest BCUT2D eigenvalue weighted by molar-refractivity contribution is 5.73. The van der Waals surface area contributed by atoms with Gasteiger partial charge in [0.1, 0.15) is 137 Å². The predicted molar refractivity (Wildman–Crippen MR) is 288 cm³/mol. The van der Waals surface area contributed by atoms with Crippen LogP contribution < -0.4 is 23.7 Å². The molecule has 0 aliphatic carbocycles. The first-order valence-electron chi connectivity index (χ1n) is 26.8. The molecule has 6 aromatic carbocycles. The Morgan fingerprint density at radius 2 is 0.714 bits per heavy atom. The first-order chi connectivity index (χ1) is 40.3. The molecule has 24 heteroatoms. The van der Waals surface area contributed by atoms with Crippen molar-refractivity contribution >= 4 is 12.2 Å². The molecule has 5 heterocycles. The minimum absolute atomic E-state index is 0.157. The number of phenolic OH excluding ortho intramolecular Hbond substituents is 4. The van der Waals surface area contributed by atoms with Crippen LogP contribution in [0, 0.1) is 0 Å². The van der Waals surface area contributed by atoms with Crippen molar-refractivity contribution in [3.63, 3.8) is 0 Å². The van der Waals surface area contributed by atoms with Gasteiger partial charge in [-0.1, -0.05) is 48.6 Å². The average molecular weight is 1170 g/mol. The van der Waals surface area contributed by atoms with Crippen molar-refractivity contribution in [3.8, 4) is 51.7 Å². The number of rotatable bonds is 15. The standard InChI is InChI=1S/C60H62O24/c61-22-40-47(68)50(71)53(74)58(82-40)77-33-9-3-25(4-10-33)1-2-26-15-36(66)45-38(16-26)80-57(28-7-13-35(14-8-28)79-60-55(76)52(73)49(70)42(24-63)84-60)44(45)30-19-37(67)46-39(20-30)81-56(43(46)29-17-31(64)21-32(65)18-29)27-5-11-34(12-6-27)78-59-54(75)51(72)48(69)41(23-62)83-59/h1-21,40-44,47-76H,22-24H2/t40-,41-,42-,43+,44+,47-,48-,49-,50+,51+,52+,53-,54-,55-,56-,57-,58-,59-,60+/m1/s1. The van der Waals surface area contributed by atoms with Crippen molar-refractivity contribution in [2.75, 3.05) is 19.8 Å². The number of aromatic hydroxyl groups is 4. The molecule has 11 rings (SSSR count). The van der Waals surface area contributed by atoms with Crippen LogP contribution in [0.15, 0.2) is 115 Å². The summed E-state index contributed by atoms with van der Waals surface area (Å²) < 4.78 is 47.5. The Balaban J connectivity index is 0.913. The van der Waals surface area contributed by atoms with E-state index in [9.17, 15) is 81.7 Å². The Morgan fingerprint density at radius 3 is 1.12 bits per heavy atom. The van der Waals surface area contributed by atoms with Gasteiger partial charge in [-0.2, -0.15) is 0 Å². The van der Waals surface area contributed by atoms with Crippen LogP contribution in [-0.4, -0.2) is 194 Å². The first-order valence-corrected chi connectivity index (χ1v) is 26.8. The summed E-state index contributed by atoms with van der Waals surface area (Å²) in [6.45, 7) is -1.96. The smallest absolute Gasteiger partial charge is 0.229 e. The van der Waals surface area contributed by atoms with Gasteiger partial charge in [0.2, 0.25) is 18.9 Å². The Labute approximate surface area is 477 Å².